The average molecular weight is 414 g/mol. The smallest absolute Gasteiger partial charge is 0.341 e. The number of aryl methyl sites for hydroxylation is 1. The van der Waals surface area contributed by atoms with E-state index >= 15 is 0 Å². The number of ether oxygens (including phenoxy) is 1. The summed E-state index contributed by atoms with van der Waals surface area (Å²) >= 11 is 0. The lowest BCUT2D eigenvalue weighted by atomic mass is 10.1. The molecule has 2 amide bonds. The molecule has 1 N–H and O–H groups in total. The number of esters is 1. The van der Waals surface area contributed by atoms with Gasteiger partial charge in [0.25, 0.3) is 5.91 Å². The van der Waals surface area contributed by atoms with E-state index in [0.29, 0.717) is 12.1 Å². The van der Waals surface area contributed by atoms with Crippen LogP contribution in [0, 0.1) is 19.7 Å². The van der Waals surface area contributed by atoms with Crippen LogP contribution in [-0.2, 0) is 14.3 Å². The van der Waals surface area contributed by atoms with Gasteiger partial charge >= 0.3 is 5.97 Å². The lowest BCUT2D eigenvalue weighted by Crippen LogP contribution is -2.45. The van der Waals surface area contributed by atoms with Crippen LogP contribution in [0.4, 0.5) is 10.1 Å². The molecule has 0 saturated carbocycles. The van der Waals surface area contributed by atoms with Gasteiger partial charge in [0.05, 0.1) is 5.56 Å². The summed E-state index contributed by atoms with van der Waals surface area (Å²) in [5.41, 5.74) is 2.43. The van der Waals surface area contributed by atoms with E-state index in [9.17, 15) is 18.8 Å². The number of carbonyl (C=O) groups excluding carboxylic acids is 3. The van der Waals surface area contributed by atoms with Crippen LogP contribution in [0.25, 0.3) is 0 Å². The van der Waals surface area contributed by atoms with Crippen molar-refractivity contribution in [2.24, 2.45) is 0 Å². The Labute approximate surface area is 176 Å². The van der Waals surface area contributed by atoms with E-state index in [1.54, 1.807) is 6.07 Å². The van der Waals surface area contributed by atoms with Crippen molar-refractivity contribution in [3.05, 3.63) is 65.0 Å². The number of nitrogens with one attached hydrogen (secondary N) is 1. The molecular formula is C23H27FN2O4. The third-order valence-electron chi connectivity index (χ3n) is 5.06. The van der Waals surface area contributed by atoms with Crippen LogP contribution >= 0.6 is 0 Å². The standard InChI is InChI=1S/C23H27FN2O4/c1-5-16(3)26(13-21(27)25-20-12-8-9-15(2)17(20)4)22(28)14-30-23(29)18-10-6-7-11-19(18)24/h6-12,16H,5,13-14H2,1-4H3,(H,25,27)/t16-/m0/s1. The second kappa shape index (κ2) is 10.5. The molecule has 0 radical (unpaired) electrons. The Kier molecular flexibility index (Phi) is 8.09. The van der Waals surface area contributed by atoms with Gasteiger partial charge in [0.2, 0.25) is 5.91 Å². The Bertz CT molecular complexity index is 929. The number of halogens is 1. The van der Waals surface area contributed by atoms with Crippen LogP contribution in [0.3, 0.4) is 0 Å². The van der Waals surface area contributed by atoms with Crippen molar-refractivity contribution in [3.63, 3.8) is 0 Å². The van der Waals surface area contributed by atoms with Gasteiger partial charge in [0.1, 0.15) is 12.4 Å². The van der Waals surface area contributed by atoms with E-state index in [4.69, 9.17) is 4.74 Å². The minimum absolute atomic E-state index is 0.182. The molecule has 0 bridgehead atoms. The van der Waals surface area contributed by atoms with Crippen LogP contribution in [0.15, 0.2) is 42.5 Å². The van der Waals surface area contributed by atoms with E-state index < -0.39 is 24.3 Å². The van der Waals surface area contributed by atoms with Crippen LogP contribution in [-0.4, -0.2) is 41.9 Å². The van der Waals surface area contributed by atoms with Crippen LogP contribution in [0.5, 0.6) is 0 Å². The highest BCUT2D eigenvalue weighted by Gasteiger charge is 2.24. The molecule has 0 aliphatic rings. The highest BCUT2D eigenvalue weighted by Crippen LogP contribution is 2.18. The first-order valence-corrected chi connectivity index (χ1v) is 9.81. The van der Waals surface area contributed by atoms with Gasteiger partial charge in [-0.05, 0) is 56.5 Å². The summed E-state index contributed by atoms with van der Waals surface area (Å²) < 4.78 is 18.7. The molecule has 30 heavy (non-hydrogen) atoms. The van der Waals surface area contributed by atoms with Crippen LogP contribution in [0.1, 0.15) is 41.8 Å². The fourth-order valence-electron chi connectivity index (χ4n) is 2.86. The molecule has 0 aromatic heterocycles. The first kappa shape index (κ1) is 23.1. The van der Waals surface area contributed by atoms with Gasteiger partial charge in [0, 0.05) is 11.7 Å². The molecule has 0 fully saturated rings. The summed E-state index contributed by atoms with van der Waals surface area (Å²) in [5, 5.41) is 2.82. The summed E-state index contributed by atoms with van der Waals surface area (Å²) in [6.45, 7) is 6.79. The van der Waals surface area contributed by atoms with Gasteiger partial charge in [-0.1, -0.05) is 31.2 Å². The van der Waals surface area contributed by atoms with E-state index in [2.05, 4.69) is 5.32 Å². The molecule has 0 saturated heterocycles. The van der Waals surface area contributed by atoms with E-state index in [-0.39, 0.29) is 24.1 Å². The molecule has 2 aromatic rings. The highest BCUT2D eigenvalue weighted by atomic mass is 19.1. The third-order valence-corrected chi connectivity index (χ3v) is 5.06. The summed E-state index contributed by atoms with van der Waals surface area (Å²) in [6, 6.07) is 10.7. The van der Waals surface area contributed by atoms with Crippen molar-refractivity contribution in [3.8, 4) is 0 Å². The van der Waals surface area contributed by atoms with Crippen molar-refractivity contribution >= 4 is 23.5 Å². The Morgan fingerprint density at radius 1 is 1.10 bits per heavy atom. The SMILES string of the molecule is CC[C@H](C)N(CC(=O)Nc1cccc(C)c1C)C(=O)COC(=O)c1ccccc1F. The van der Waals surface area contributed by atoms with Crippen molar-refractivity contribution in [2.45, 2.75) is 40.2 Å². The Morgan fingerprint density at radius 2 is 1.80 bits per heavy atom. The monoisotopic (exact) mass is 414 g/mol. The molecule has 7 heteroatoms. The topological polar surface area (TPSA) is 75.7 Å². The summed E-state index contributed by atoms with van der Waals surface area (Å²) in [7, 11) is 0. The summed E-state index contributed by atoms with van der Waals surface area (Å²) in [5.74, 6) is -2.52. The molecule has 6 nitrogen and oxygen atoms in total. The normalized spacial score (nSPS) is 11.5. The van der Waals surface area contributed by atoms with Gasteiger partial charge in [-0.25, -0.2) is 9.18 Å². The van der Waals surface area contributed by atoms with Crippen LogP contribution in [0.2, 0.25) is 0 Å². The first-order chi connectivity index (χ1) is 14.2. The van der Waals surface area contributed by atoms with Crippen LogP contribution < -0.4 is 5.32 Å². The van der Waals surface area contributed by atoms with Crippen molar-refractivity contribution < 1.29 is 23.5 Å². The van der Waals surface area contributed by atoms with E-state index in [0.717, 1.165) is 17.2 Å². The number of amides is 2. The molecule has 160 valence electrons. The lowest BCUT2D eigenvalue weighted by Gasteiger charge is -2.28. The maximum atomic E-state index is 13.7. The van der Waals surface area contributed by atoms with E-state index in [1.165, 1.54) is 23.1 Å². The minimum atomic E-state index is -0.926. The molecule has 2 rings (SSSR count). The molecule has 0 aliphatic carbocycles. The number of nitrogens with zero attached hydrogens (tertiary/aromatic N) is 1. The Balaban J connectivity index is 2.03. The Hall–Kier alpha value is -3.22. The second-order valence-electron chi connectivity index (χ2n) is 7.13. The number of benzene rings is 2. The maximum Gasteiger partial charge on any atom is 0.341 e. The largest absolute Gasteiger partial charge is 0.452 e. The average Bonchev–Trinajstić information content (AvgIpc) is 2.73. The third kappa shape index (κ3) is 5.89. The maximum absolute atomic E-state index is 13.7. The highest BCUT2D eigenvalue weighted by molar-refractivity contribution is 5.96. The quantitative estimate of drug-likeness (QED) is 0.666. The molecule has 0 unspecified atom stereocenters. The fourth-order valence-corrected chi connectivity index (χ4v) is 2.86. The molecular weight excluding hydrogens is 387 g/mol. The van der Waals surface area contributed by atoms with Crippen molar-refractivity contribution in [2.75, 3.05) is 18.5 Å². The van der Waals surface area contributed by atoms with Crippen molar-refractivity contribution in [1.82, 2.24) is 4.90 Å². The molecule has 0 aliphatic heterocycles. The van der Waals surface area contributed by atoms with Gasteiger partial charge in [-0.2, -0.15) is 0 Å². The van der Waals surface area contributed by atoms with Crippen molar-refractivity contribution in [1.29, 1.82) is 0 Å². The zero-order valence-electron chi connectivity index (χ0n) is 17.7. The molecule has 0 heterocycles. The minimum Gasteiger partial charge on any atom is -0.452 e. The summed E-state index contributed by atoms with van der Waals surface area (Å²) in [4.78, 5) is 38.6. The zero-order chi connectivity index (χ0) is 22.3. The lowest BCUT2D eigenvalue weighted by molar-refractivity contribution is -0.139. The first-order valence-electron chi connectivity index (χ1n) is 9.81. The van der Waals surface area contributed by atoms with E-state index in [1.807, 2.05) is 39.8 Å². The van der Waals surface area contributed by atoms with Gasteiger partial charge in [-0.15, -0.1) is 0 Å². The molecule has 0 spiro atoms. The molecule has 2 aromatic carbocycles. The number of rotatable bonds is 8. The van der Waals surface area contributed by atoms with Gasteiger partial charge < -0.3 is 15.0 Å². The summed E-state index contributed by atoms with van der Waals surface area (Å²) in [6.07, 6.45) is 0.615. The van der Waals surface area contributed by atoms with Gasteiger partial charge in [0.15, 0.2) is 6.61 Å². The predicted molar refractivity (Wildman–Crippen MR) is 113 cm³/mol. The predicted octanol–water partition coefficient (Wildman–Crippen LogP) is 3.87. The zero-order valence-corrected chi connectivity index (χ0v) is 17.7. The number of hydrogen-bond donors (Lipinski definition) is 1. The number of carbonyl (C=O) groups is 3. The number of hydrogen-bond acceptors (Lipinski definition) is 4. The molecule has 1 atom stereocenters. The fraction of sp³-hybridized carbons (Fsp3) is 0.348. The second-order valence-corrected chi connectivity index (χ2v) is 7.13. The Morgan fingerprint density at radius 3 is 2.47 bits per heavy atom. The number of anilines is 1. The van der Waals surface area contributed by atoms with Gasteiger partial charge in [-0.3, -0.25) is 9.59 Å².